The zero-order chi connectivity index (χ0) is 15.6. The zero-order valence-corrected chi connectivity index (χ0v) is 13.2. The number of aliphatic carboxylic acids is 1. The van der Waals surface area contributed by atoms with E-state index in [1.807, 2.05) is 6.92 Å². The first kappa shape index (κ1) is 16.1. The van der Waals surface area contributed by atoms with Crippen molar-refractivity contribution in [1.82, 2.24) is 4.90 Å². The number of amides is 1. The van der Waals surface area contributed by atoms with Gasteiger partial charge in [-0.1, -0.05) is 42.6 Å². The summed E-state index contributed by atoms with van der Waals surface area (Å²) in [5, 5.41) is 9.89. The highest BCUT2D eigenvalue weighted by molar-refractivity contribution is 6.39. The second kappa shape index (κ2) is 6.67. The van der Waals surface area contributed by atoms with Gasteiger partial charge in [0.15, 0.2) is 0 Å². The van der Waals surface area contributed by atoms with Crippen LogP contribution in [-0.4, -0.2) is 34.5 Å². The summed E-state index contributed by atoms with van der Waals surface area (Å²) in [6.45, 7) is 2.45. The number of halogens is 2. The maximum absolute atomic E-state index is 12.6. The van der Waals surface area contributed by atoms with Crippen LogP contribution in [0.3, 0.4) is 0 Å². The fourth-order valence-corrected chi connectivity index (χ4v) is 3.29. The van der Waals surface area contributed by atoms with Crippen LogP contribution in [-0.2, 0) is 4.79 Å². The molecule has 1 aromatic carbocycles. The maximum Gasteiger partial charge on any atom is 0.326 e. The number of carboxylic acid groups (broad SMARTS) is 1. The molecule has 0 saturated carbocycles. The molecule has 6 heteroatoms. The molecule has 1 aliphatic rings. The van der Waals surface area contributed by atoms with Crippen molar-refractivity contribution >= 4 is 35.1 Å². The molecule has 0 aromatic heterocycles. The van der Waals surface area contributed by atoms with E-state index in [1.165, 1.54) is 4.90 Å². The molecule has 1 heterocycles. The third-order valence-electron chi connectivity index (χ3n) is 4.01. The molecule has 1 saturated heterocycles. The number of hydrogen-bond acceptors (Lipinski definition) is 2. The van der Waals surface area contributed by atoms with Crippen molar-refractivity contribution < 1.29 is 14.7 Å². The summed E-state index contributed by atoms with van der Waals surface area (Å²) in [7, 11) is 0. The van der Waals surface area contributed by atoms with E-state index in [4.69, 9.17) is 23.2 Å². The first-order chi connectivity index (χ1) is 9.95. The van der Waals surface area contributed by atoms with Crippen LogP contribution in [0.25, 0.3) is 0 Å². The molecule has 0 radical (unpaired) electrons. The van der Waals surface area contributed by atoms with Crippen LogP contribution < -0.4 is 0 Å². The summed E-state index contributed by atoms with van der Waals surface area (Å²) < 4.78 is 0. The average molecular weight is 330 g/mol. The van der Waals surface area contributed by atoms with Gasteiger partial charge < -0.3 is 10.0 Å². The molecule has 1 aromatic rings. The monoisotopic (exact) mass is 329 g/mol. The number of hydrogen-bond donors (Lipinski definition) is 1. The van der Waals surface area contributed by atoms with Crippen molar-refractivity contribution in [3.8, 4) is 0 Å². The molecule has 1 aliphatic heterocycles. The lowest BCUT2D eigenvalue weighted by Gasteiger charge is -2.37. The van der Waals surface area contributed by atoms with Crippen LogP contribution >= 0.6 is 23.2 Å². The van der Waals surface area contributed by atoms with E-state index in [2.05, 4.69) is 0 Å². The van der Waals surface area contributed by atoms with E-state index in [-0.39, 0.29) is 15.6 Å². The number of carbonyl (C=O) groups is 2. The highest BCUT2D eigenvalue weighted by Crippen LogP contribution is 2.31. The van der Waals surface area contributed by atoms with E-state index >= 15 is 0 Å². The molecule has 4 nitrogen and oxygen atoms in total. The van der Waals surface area contributed by atoms with Gasteiger partial charge in [0, 0.05) is 6.54 Å². The van der Waals surface area contributed by atoms with Gasteiger partial charge >= 0.3 is 5.97 Å². The topological polar surface area (TPSA) is 57.6 Å². The number of likely N-dealkylation sites (tertiary alicyclic amines) is 1. The predicted octanol–water partition coefficient (Wildman–Crippen LogP) is 3.71. The van der Waals surface area contributed by atoms with E-state index < -0.39 is 17.9 Å². The molecular weight excluding hydrogens is 313 g/mol. The first-order valence-corrected chi connectivity index (χ1v) is 7.69. The fourth-order valence-electron chi connectivity index (χ4n) is 2.73. The van der Waals surface area contributed by atoms with E-state index in [0.29, 0.717) is 18.9 Å². The Labute approximate surface area is 133 Å². The minimum atomic E-state index is -0.982. The van der Waals surface area contributed by atoms with E-state index in [0.717, 1.165) is 12.8 Å². The number of carbonyl (C=O) groups excluding carboxylic acids is 1. The Morgan fingerprint density at radius 3 is 2.48 bits per heavy atom. The highest BCUT2D eigenvalue weighted by atomic mass is 35.5. The Hall–Kier alpha value is -1.26. The lowest BCUT2D eigenvalue weighted by Crippen LogP contribution is -2.50. The Bertz CT molecular complexity index is 542. The number of rotatable bonds is 3. The number of carboxylic acids is 1. The van der Waals surface area contributed by atoms with Crippen LogP contribution in [0.1, 0.15) is 36.5 Å². The number of benzene rings is 1. The molecule has 0 aliphatic carbocycles. The molecule has 21 heavy (non-hydrogen) atoms. The number of piperidine rings is 1. The van der Waals surface area contributed by atoms with Gasteiger partial charge in [-0.25, -0.2) is 4.79 Å². The van der Waals surface area contributed by atoms with Crippen molar-refractivity contribution in [3.05, 3.63) is 33.8 Å². The SMILES string of the molecule is CCC1CCN(C(=O)c2c(Cl)cccc2Cl)C(C(=O)O)C1. The Balaban J connectivity index is 2.31. The van der Waals surface area contributed by atoms with Gasteiger partial charge in [-0.2, -0.15) is 0 Å². The fraction of sp³-hybridized carbons (Fsp3) is 0.467. The standard InChI is InChI=1S/C15H17Cl2NO3/c1-2-9-6-7-18(12(8-9)15(20)21)14(19)13-10(16)4-3-5-11(13)17/h3-5,9,12H,2,6-8H2,1H3,(H,20,21). The van der Waals surface area contributed by atoms with Crippen molar-refractivity contribution in [2.45, 2.75) is 32.2 Å². The van der Waals surface area contributed by atoms with Gasteiger partial charge in [0.05, 0.1) is 15.6 Å². The third-order valence-corrected chi connectivity index (χ3v) is 4.64. The summed E-state index contributed by atoms with van der Waals surface area (Å²) in [4.78, 5) is 25.5. The zero-order valence-electron chi connectivity index (χ0n) is 11.7. The molecule has 1 N–H and O–H groups in total. The van der Waals surface area contributed by atoms with Crippen LogP contribution in [0.2, 0.25) is 10.0 Å². The molecule has 0 spiro atoms. The smallest absolute Gasteiger partial charge is 0.326 e. The molecule has 2 rings (SSSR count). The number of nitrogens with zero attached hydrogens (tertiary/aromatic N) is 1. The molecule has 1 amide bonds. The van der Waals surface area contributed by atoms with Gasteiger partial charge in [0.2, 0.25) is 0 Å². The largest absolute Gasteiger partial charge is 0.480 e. The first-order valence-electron chi connectivity index (χ1n) is 6.93. The second-order valence-electron chi connectivity index (χ2n) is 5.25. The minimum Gasteiger partial charge on any atom is -0.480 e. The Morgan fingerprint density at radius 2 is 1.95 bits per heavy atom. The van der Waals surface area contributed by atoms with Crippen LogP contribution in [0.5, 0.6) is 0 Å². The van der Waals surface area contributed by atoms with Gasteiger partial charge in [-0.05, 0) is 30.9 Å². The van der Waals surface area contributed by atoms with E-state index in [1.54, 1.807) is 18.2 Å². The molecule has 2 atom stereocenters. The summed E-state index contributed by atoms with van der Waals surface area (Å²) >= 11 is 12.1. The molecule has 1 fully saturated rings. The van der Waals surface area contributed by atoms with Gasteiger partial charge in [0.25, 0.3) is 5.91 Å². The third kappa shape index (κ3) is 3.33. The van der Waals surface area contributed by atoms with Gasteiger partial charge in [-0.15, -0.1) is 0 Å². The maximum atomic E-state index is 12.6. The lowest BCUT2D eigenvalue weighted by atomic mass is 9.88. The van der Waals surface area contributed by atoms with Gasteiger partial charge in [-0.3, -0.25) is 4.79 Å². The van der Waals surface area contributed by atoms with Crippen molar-refractivity contribution in [3.63, 3.8) is 0 Å². The minimum absolute atomic E-state index is 0.182. The summed E-state index contributed by atoms with van der Waals surface area (Å²) in [6.07, 6.45) is 2.19. The van der Waals surface area contributed by atoms with Crippen molar-refractivity contribution in [2.24, 2.45) is 5.92 Å². The Kier molecular flexibility index (Phi) is 5.12. The van der Waals surface area contributed by atoms with Crippen LogP contribution in [0, 0.1) is 5.92 Å². The average Bonchev–Trinajstić information content (AvgIpc) is 2.46. The van der Waals surface area contributed by atoms with Crippen molar-refractivity contribution in [1.29, 1.82) is 0 Å². The van der Waals surface area contributed by atoms with Crippen LogP contribution in [0.4, 0.5) is 0 Å². The normalized spacial score (nSPS) is 22.1. The second-order valence-corrected chi connectivity index (χ2v) is 6.06. The molecule has 0 bridgehead atoms. The Morgan fingerprint density at radius 1 is 1.33 bits per heavy atom. The summed E-state index contributed by atoms with van der Waals surface area (Å²) in [6, 6.07) is 3.99. The summed E-state index contributed by atoms with van der Waals surface area (Å²) in [5.41, 5.74) is 0.182. The quantitative estimate of drug-likeness (QED) is 0.919. The van der Waals surface area contributed by atoms with Gasteiger partial charge in [0.1, 0.15) is 6.04 Å². The highest BCUT2D eigenvalue weighted by Gasteiger charge is 2.37. The van der Waals surface area contributed by atoms with E-state index in [9.17, 15) is 14.7 Å². The molecule has 2 unspecified atom stereocenters. The summed E-state index contributed by atoms with van der Waals surface area (Å²) in [5.74, 6) is -1.06. The molecule has 114 valence electrons. The van der Waals surface area contributed by atoms with Crippen LogP contribution in [0.15, 0.2) is 18.2 Å². The lowest BCUT2D eigenvalue weighted by molar-refractivity contribution is -0.144. The van der Waals surface area contributed by atoms with Crippen molar-refractivity contribution in [2.75, 3.05) is 6.54 Å². The molecular formula is C15H17Cl2NO3. The predicted molar refractivity (Wildman–Crippen MR) is 81.9 cm³/mol.